The van der Waals surface area contributed by atoms with E-state index in [0.29, 0.717) is 0 Å². The third-order valence-corrected chi connectivity index (χ3v) is 5.29. The third-order valence-electron chi connectivity index (χ3n) is 5.29. The molecule has 0 amide bonds. The number of hydrogen-bond acceptors (Lipinski definition) is 1. The Labute approximate surface area is 124 Å². The number of aliphatic hydroxyl groups is 1. The van der Waals surface area contributed by atoms with Crippen LogP contribution in [0.2, 0.25) is 0 Å². The molecule has 1 aliphatic rings. The van der Waals surface area contributed by atoms with Gasteiger partial charge in [0, 0.05) is 6.42 Å². The molecule has 0 aromatic heterocycles. The smallest absolute Gasteiger partial charge is 0.0688 e. The topological polar surface area (TPSA) is 20.2 Å². The van der Waals surface area contributed by atoms with Crippen molar-refractivity contribution in [2.24, 2.45) is 11.8 Å². The van der Waals surface area contributed by atoms with Crippen LogP contribution in [-0.4, -0.2) is 10.7 Å². The second-order valence-electron chi connectivity index (χ2n) is 7.21. The lowest BCUT2D eigenvalue weighted by molar-refractivity contribution is 0.0234. The molecule has 0 saturated heterocycles. The fourth-order valence-corrected chi connectivity index (χ4v) is 3.72. The Morgan fingerprint density at radius 3 is 2.40 bits per heavy atom. The molecule has 1 nitrogen and oxygen atoms in total. The molecular formula is C19H30O. The average Bonchev–Trinajstić information content (AvgIpc) is 2.57. The van der Waals surface area contributed by atoms with Crippen molar-refractivity contribution < 1.29 is 5.11 Å². The van der Waals surface area contributed by atoms with Crippen LogP contribution in [-0.2, 0) is 6.42 Å². The molecule has 1 aliphatic carbocycles. The molecule has 0 radical (unpaired) electrons. The van der Waals surface area contributed by atoms with Crippen LogP contribution in [0.3, 0.4) is 0 Å². The Kier molecular flexibility index (Phi) is 4.90. The summed E-state index contributed by atoms with van der Waals surface area (Å²) in [6, 6.07) is 6.44. The van der Waals surface area contributed by atoms with Crippen LogP contribution in [0.15, 0.2) is 18.2 Å². The lowest BCUT2D eigenvalue weighted by atomic mass is 9.83. The molecule has 20 heavy (non-hydrogen) atoms. The molecule has 0 aliphatic heterocycles. The van der Waals surface area contributed by atoms with Crippen LogP contribution >= 0.6 is 0 Å². The van der Waals surface area contributed by atoms with Gasteiger partial charge in [-0.2, -0.15) is 0 Å². The normalized spacial score (nSPS) is 27.6. The van der Waals surface area contributed by atoms with Gasteiger partial charge >= 0.3 is 0 Å². The standard InChI is InChI=1S/C19H30O/c1-14(2)17-9-6-11-19(20,12-10-17)13-18-15(3)7-5-8-16(18)4/h5,7-8,14,17,20H,6,9-13H2,1-4H3. The number of hydrogen-bond donors (Lipinski definition) is 1. The van der Waals surface area contributed by atoms with E-state index in [4.69, 9.17) is 0 Å². The summed E-state index contributed by atoms with van der Waals surface area (Å²) in [5, 5.41) is 11.1. The van der Waals surface area contributed by atoms with Crippen molar-refractivity contribution in [1.82, 2.24) is 0 Å². The quantitative estimate of drug-likeness (QED) is 0.784. The van der Waals surface area contributed by atoms with Crippen molar-refractivity contribution in [2.45, 2.75) is 71.8 Å². The average molecular weight is 274 g/mol. The maximum atomic E-state index is 11.1. The van der Waals surface area contributed by atoms with E-state index >= 15 is 0 Å². The van der Waals surface area contributed by atoms with Crippen LogP contribution in [0.4, 0.5) is 0 Å². The highest BCUT2D eigenvalue weighted by Crippen LogP contribution is 2.36. The monoisotopic (exact) mass is 274 g/mol. The van der Waals surface area contributed by atoms with Gasteiger partial charge in [-0.1, -0.05) is 44.9 Å². The van der Waals surface area contributed by atoms with Gasteiger partial charge in [0.1, 0.15) is 0 Å². The van der Waals surface area contributed by atoms with Crippen molar-refractivity contribution in [3.05, 3.63) is 34.9 Å². The van der Waals surface area contributed by atoms with Crippen molar-refractivity contribution in [1.29, 1.82) is 0 Å². The summed E-state index contributed by atoms with van der Waals surface area (Å²) in [5.41, 5.74) is 3.52. The van der Waals surface area contributed by atoms with E-state index in [-0.39, 0.29) is 0 Å². The predicted molar refractivity (Wildman–Crippen MR) is 86.0 cm³/mol. The predicted octanol–water partition coefficient (Wildman–Crippen LogP) is 4.81. The first-order valence-corrected chi connectivity index (χ1v) is 8.19. The van der Waals surface area contributed by atoms with E-state index in [0.717, 1.165) is 31.1 Å². The minimum atomic E-state index is -0.486. The molecule has 1 N–H and O–H groups in total. The van der Waals surface area contributed by atoms with Gasteiger partial charge in [-0.25, -0.2) is 0 Å². The molecule has 1 fully saturated rings. The molecule has 2 rings (SSSR count). The van der Waals surface area contributed by atoms with E-state index < -0.39 is 5.60 Å². The van der Waals surface area contributed by atoms with Gasteiger partial charge in [-0.15, -0.1) is 0 Å². The van der Waals surface area contributed by atoms with Crippen LogP contribution in [0.5, 0.6) is 0 Å². The van der Waals surface area contributed by atoms with Gasteiger partial charge in [0.25, 0.3) is 0 Å². The SMILES string of the molecule is Cc1cccc(C)c1CC1(O)CCCC(C(C)C)CC1. The molecule has 112 valence electrons. The van der Waals surface area contributed by atoms with Gasteiger partial charge in [0.05, 0.1) is 5.60 Å². The minimum absolute atomic E-state index is 0.486. The van der Waals surface area contributed by atoms with E-state index in [2.05, 4.69) is 45.9 Å². The summed E-state index contributed by atoms with van der Waals surface area (Å²) in [5.74, 6) is 1.54. The van der Waals surface area contributed by atoms with Gasteiger partial charge in [-0.05, 0) is 61.6 Å². The largest absolute Gasteiger partial charge is 0.390 e. The van der Waals surface area contributed by atoms with Gasteiger partial charge in [-0.3, -0.25) is 0 Å². The lowest BCUT2D eigenvalue weighted by Gasteiger charge is -2.29. The molecule has 1 heteroatoms. The van der Waals surface area contributed by atoms with Crippen LogP contribution in [0, 0.1) is 25.7 Å². The highest BCUT2D eigenvalue weighted by Gasteiger charge is 2.32. The fraction of sp³-hybridized carbons (Fsp3) is 0.684. The molecule has 0 bridgehead atoms. The maximum Gasteiger partial charge on any atom is 0.0688 e. The first kappa shape index (κ1) is 15.6. The van der Waals surface area contributed by atoms with E-state index in [9.17, 15) is 5.11 Å². The summed E-state index contributed by atoms with van der Waals surface area (Å²) in [4.78, 5) is 0. The van der Waals surface area contributed by atoms with Crippen LogP contribution < -0.4 is 0 Å². The maximum absolute atomic E-state index is 11.1. The Hall–Kier alpha value is -0.820. The second-order valence-corrected chi connectivity index (χ2v) is 7.21. The molecule has 1 aromatic carbocycles. The van der Waals surface area contributed by atoms with Crippen LogP contribution in [0.1, 0.15) is 62.6 Å². The summed E-state index contributed by atoms with van der Waals surface area (Å²) < 4.78 is 0. The Morgan fingerprint density at radius 2 is 1.80 bits per heavy atom. The summed E-state index contributed by atoms with van der Waals surface area (Å²) in [6.07, 6.45) is 6.39. The van der Waals surface area contributed by atoms with Gasteiger partial charge in [0.2, 0.25) is 0 Å². The fourth-order valence-electron chi connectivity index (χ4n) is 3.72. The first-order chi connectivity index (χ1) is 9.41. The van der Waals surface area contributed by atoms with Gasteiger partial charge in [0.15, 0.2) is 0 Å². The zero-order valence-corrected chi connectivity index (χ0v) is 13.6. The summed E-state index contributed by atoms with van der Waals surface area (Å²) in [6.45, 7) is 8.97. The molecule has 1 saturated carbocycles. The Morgan fingerprint density at radius 1 is 1.15 bits per heavy atom. The second kappa shape index (κ2) is 6.30. The summed E-state index contributed by atoms with van der Waals surface area (Å²) >= 11 is 0. The molecule has 1 aromatic rings. The Bertz CT molecular complexity index is 429. The van der Waals surface area contributed by atoms with E-state index in [1.54, 1.807) is 0 Å². The lowest BCUT2D eigenvalue weighted by Crippen LogP contribution is -2.31. The molecule has 2 atom stereocenters. The zero-order valence-electron chi connectivity index (χ0n) is 13.6. The Balaban J connectivity index is 2.11. The molecule has 2 unspecified atom stereocenters. The molecule has 0 spiro atoms. The highest BCUT2D eigenvalue weighted by molar-refractivity contribution is 5.34. The minimum Gasteiger partial charge on any atom is -0.390 e. The van der Waals surface area contributed by atoms with Crippen molar-refractivity contribution in [3.63, 3.8) is 0 Å². The third kappa shape index (κ3) is 3.63. The zero-order chi connectivity index (χ0) is 14.8. The molecular weight excluding hydrogens is 244 g/mol. The number of aryl methyl sites for hydroxylation is 2. The number of benzene rings is 1. The van der Waals surface area contributed by atoms with E-state index in [1.807, 2.05) is 0 Å². The highest BCUT2D eigenvalue weighted by atomic mass is 16.3. The van der Waals surface area contributed by atoms with Crippen molar-refractivity contribution in [2.75, 3.05) is 0 Å². The van der Waals surface area contributed by atoms with Crippen molar-refractivity contribution >= 4 is 0 Å². The molecule has 0 heterocycles. The van der Waals surface area contributed by atoms with Gasteiger partial charge < -0.3 is 5.11 Å². The van der Waals surface area contributed by atoms with Crippen molar-refractivity contribution in [3.8, 4) is 0 Å². The first-order valence-electron chi connectivity index (χ1n) is 8.19. The number of rotatable bonds is 3. The summed E-state index contributed by atoms with van der Waals surface area (Å²) in [7, 11) is 0. The van der Waals surface area contributed by atoms with E-state index in [1.165, 1.54) is 36.0 Å². The van der Waals surface area contributed by atoms with Crippen LogP contribution in [0.25, 0.3) is 0 Å².